The fraction of sp³-hybridized carbons (Fsp3) is 0.692. The van der Waals surface area contributed by atoms with Crippen LogP contribution in [0.5, 0.6) is 0 Å². The minimum absolute atomic E-state index is 0.279. The van der Waals surface area contributed by atoms with Crippen molar-refractivity contribution in [3.63, 3.8) is 0 Å². The Kier molecular flexibility index (Phi) is 4.02. The molecule has 0 spiro atoms. The summed E-state index contributed by atoms with van der Waals surface area (Å²) in [6.07, 6.45) is 3.60. The van der Waals surface area contributed by atoms with Gasteiger partial charge in [-0.2, -0.15) is 0 Å². The fourth-order valence-corrected chi connectivity index (χ4v) is 2.81. The highest BCUT2D eigenvalue weighted by molar-refractivity contribution is 7.13. The predicted molar refractivity (Wildman–Crippen MR) is 70.1 cm³/mol. The average Bonchev–Trinajstić information content (AvgIpc) is 2.77. The topological polar surface area (TPSA) is 48.4 Å². The quantitative estimate of drug-likeness (QED) is 0.774. The first-order valence-electron chi connectivity index (χ1n) is 6.22. The average molecular weight is 269 g/mol. The van der Waals surface area contributed by atoms with Crippen LogP contribution in [-0.2, 0) is 9.47 Å². The van der Waals surface area contributed by atoms with E-state index in [0.29, 0.717) is 10.8 Å². The molecule has 18 heavy (non-hydrogen) atoms. The molecule has 0 unspecified atom stereocenters. The number of carbonyl (C=O) groups excluding carboxylic acids is 1. The second-order valence-corrected chi connectivity index (χ2v) is 6.51. The Bertz CT molecular complexity index is 416. The van der Waals surface area contributed by atoms with E-state index in [1.54, 1.807) is 6.20 Å². The number of nitrogens with zero attached hydrogens (tertiary/aromatic N) is 1. The molecule has 1 saturated heterocycles. The van der Waals surface area contributed by atoms with Crippen LogP contribution in [-0.4, -0.2) is 29.8 Å². The lowest BCUT2D eigenvalue weighted by atomic mass is 10.0. The molecule has 100 valence electrons. The van der Waals surface area contributed by atoms with Crippen LogP contribution >= 0.6 is 11.3 Å². The number of hydrogen-bond acceptors (Lipinski definition) is 5. The van der Waals surface area contributed by atoms with Gasteiger partial charge in [-0.1, -0.05) is 0 Å². The number of carbonyl (C=O) groups is 1. The summed E-state index contributed by atoms with van der Waals surface area (Å²) in [5, 5.41) is 1.03. The number of thiazole rings is 1. The summed E-state index contributed by atoms with van der Waals surface area (Å²) in [6.45, 7) is 7.17. The molecule has 4 nitrogen and oxygen atoms in total. The van der Waals surface area contributed by atoms with Crippen LogP contribution in [0, 0.1) is 0 Å². The zero-order valence-electron chi connectivity index (χ0n) is 11.1. The first-order chi connectivity index (χ1) is 8.46. The van der Waals surface area contributed by atoms with Gasteiger partial charge >= 0.3 is 5.97 Å². The van der Waals surface area contributed by atoms with E-state index in [9.17, 15) is 4.79 Å². The van der Waals surface area contributed by atoms with Gasteiger partial charge in [0.25, 0.3) is 0 Å². The third kappa shape index (κ3) is 3.53. The monoisotopic (exact) mass is 269 g/mol. The van der Waals surface area contributed by atoms with Crippen LogP contribution in [0.25, 0.3) is 0 Å². The Hall–Kier alpha value is -0.940. The van der Waals surface area contributed by atoms with Gasteiger partial charge in [0, 0.05) is 19.1 Å². The second-order valence-electron chi connectivity index (χ2n) is 5.45. The van der Waals surface area contributed by atoms with Crippen molar-refractivity contribution in [3.05, 3.63) is 16.1 Å². The van der Waals surface area contributed by atoms with Gasteiger partial charge in [-0.15, -0.1) is 11.3 Å². The molecule has 0 bridgehead atoms. The Morgan fingerprint density at radius 3 is 2.72 bits per heavy atom. The molecule has 2 rings (SSSR count). The van der Waals surface area contributed by atoms with Crippen molar-refractivity contribution in [3.8, 4) is 0 Å². The number of rotatable bonds is 2. The molecule has 0 radical (unpaired) electrons. The third-order valence-electron chi connectivity index (χ3n) is 2.69. The SMILES string of the molecule is CC(C)(C)OC(=O)c1cnc(C2CCOCC2)s1. The maximum Gasteiger partial charge on any atom is 0.350 e. The lowest BCUT2D eigenvalue weighted by molar-refractivity contribution is 0.00750. The van der Waals surface area contributed by atoms with Crippen molar-refractivity contribution >= 4 is 17.3 Å². The number of aromatic nitrogens is 1. The Morgan fingerprint density at radius 2 is 2.11 bits per heavy atom. The molecule has 0 N–H and O–H groups in total. The van der Waals surface area contributed by atoms with Gasteiger partial charge in [0.1, 0.15) is 10.5 Å². The molecule has 1 aromatic rings. The summed E-state index contributed by atoms with van der Waals surface area (Å²) in [7, 11) is 0. The summed E-state index contributed by atoms with van der Waals surface area (Å²) < 4.78 is 10.7. The highest BCUT2D eigenvalue weighted by atomic mass is 32.1. The van der Waals surface area contributed by atoms with Gasteiger partial charge < -0.3 is 9.47 Å². The molecule has 1 aliphatic heterocycles. The van der Waals surface area contributed by atoms with Crippen molar-refractivity contribution in [1.29, 1.82) is 0 Å². The van der Waals surface area contributed by atoms with E-state index in [2.05, 4.69) is 4.98 Å². The number of hydrogen-bond donors (Lipinski definition) is 0. The highest BCUT2D eigenvalue weighted by Gasteiger charge is 2.23. The van der Waals surface area contributed by atoms with Crippen LogP contribution < -0.4 is 0 Å². The van der Waals surface area contributed by atoms with Gasteiger partial charge in [-0.25, -0.2) is 9.78 Å². The molecule has 1 fully saturated rings. The van der Waals surface area contributed by atoms with E-state index >= 15 is 0 Å². The third-order valence-corrected chi connectivity index (χ3v) is 3.83. The predicted octanol–water partition coefficient (Wildman–Crippen LogP) is 2.99. The summed E-state index contributed by atoms with van der Waals surface area (Å²) in [5.74, 6) is 0.151. The minimum atomic E-state index is -0.458. The molecule has 0 saturated carbocycles. The van der Waals surface area contributed by atoms with Crippen LogP contribution in [0.15, 0.2) is 6.20 Å². The maximum absolute atomic E-state index is 11.9. The van der Waals surface area contributed by atoms with Crippen LogP contribution in [0.2, 0.25) is 0 Å². The van der Waals surface area contributed by atoms with E-state index < -0.39 is 5.60 Å². The zero-order valence-corrected chi connectivity index (χ0v) is 11.9. The van der Waals surface area contributed by atoms with Gasteiger partial charge in [-0.05, 0) is 33.6 Å². The molecule has 0 atom stereocenters. The van der Waals surface area contributed by atoms with Crippen molar-refractivity contribution in [2.45, 2.75) is 45.1 Å². The summed E-state index contributed by atoms with van der Waals surface area (Å²) in [5.41, 5.74) is -0.458. The molecule has 0 aliphatic carbocycles. The van der Waals surface area contributed by atoms with Crippen LogP contribution in [0.4, 0.5) is 0 Å². The van der Waals surface area contributed by atoms with E-state index in [0.717, 1.165) is 31.1 Å². The standard InChI is InChI=1S/C13H19NO3S/c1-13(2,3)17-12(15)10-8-14-11(18-10)9-4-6-16-7-5-9/h8-9H,4-7H2,1-3H3. The molecule has 5 heteroatoms. The zero-order chi connectivity index (χ0) is 13.2. The van der Waals surface area contributed by atoms with Crippen molar-refractivity contribution in [2.75, 3.05) is 13.2 Å². The van der Waals surface area contributed by atoms with E-state index in [1.807, 2.05) is 20.8 Å². The van der Waals surface area contributed by atoms with E-state index in [1.165, 1.54) is 11.3 Å². The lowest BCUT2D eigenvalue weighted by Gasteiger charge is -2.20. The summed E-state index contributed by atoms with van der Waals surface area (Å²) in [4.78, 5) is 16.8. The lowest BCUT2D eigenvalue weighted by Crippen LogP contribution is -2.23. The van der Waals surface area contributed by atoms with Crippen molar-refractivity contribution < 1.29 is 14.3 Å². The minimum Gasteiger partial charge on any atom is -0.456 e. The van der Waals surface area contributed by atoms with Gasteiger partial charge in [0.2, 0.25) is 0 Å². The molecule has 0 amide bonds. The van der Waals surface area contributed by atoms with Gasteiger partial charge in [0.05, 0.1) is 11.2 Å². The summed E-state index contributed by atoms with van der Waals surface area (Å²) >= 11 is 1.45. The molecule has 1 aliphatic rings. The summed E-state index contributed by atoms with van der Waals surface area (Å²) in [6, 6.07) is 0. The molecular formula is C13H19NO3S. The van der Waals surface area contributed by atoms with Crippen LogP contribution in [0.3, 0.4) is 0 Å². The number of ether oxygens (including phenoxy) is 2. The van der Waals surface area contributed by atoms with Crippen molar-refractivity contribution in [2.24, 2.45) is 0 Å². The highest BCUT2D eigenvalue weighted by Crippen LogP contribution is 2.30. The largest absolute Gasteiger partial charge is 0.456 e. The van der Waals surface area contributed by atoms with Gasteiger partial charge in [-0.3, -0.25) is 0 Å². The smallest absolute Gasteiger partial charge is 0.350 e. The molecule has 0 aromatic carbocycles. The Balaban J connectivity index is 2.03. The van der Waals surface area contributed by atoms with E-state index in [4.69, 9.17) is 9.47 Å². The Morgan fingerprint density at radius 1 is 1.44 bits per heavy atom. The Labute approximate surface area is 111 Å². The van der Waals surface area contributed by atoms with Gasteiger partial charge in [0.15, 0.2) is 0 Å². The molecular weight excluding hydrogens is 250 g/mol. The molecule has 1 aromatic heterocycles. The van der Waals surface area contributed by atoms with Crippen molar-refractivity contribution in [1.82, 2.24) is 4.98 Å². The molecule has 2 heterocycles. The normalized spacial score (nSPS) is 17.7. The first kappa shape index (κ1) is 13.5. The maximum atomic E-state index is 11.9. The first-order valence-corrected chi connectivity index (χ1v) is 7.04. The van der Waals surface area contributed by atoms with Crippen LogP contribution in [0.1, 0.15) is 54.2 Å². The second kappa shape index (κ2) is 5.36. The fourth-order valence-electron chi connectivity index (χ4n) is 1.84. The van der Waals surface area contributed by atoms with E-state index in [-0.39, 0.29) is 5.97 Å². The number of esters is 1.